The minimum Gasteiger partial charge on any atom is -0.481 e. The summed E-state index contributed by atoms with van der Waals surface area (Å²) in [5.74, 6) is -2.20. The lowest BCUT2D eigenvalue weighted by Crippen LogP contribution is -2.37. The van der Waals surface area contributed by atoms with Crippen LogP contribution in [-0.2, 0) is 15.0 Å². The first-order valence-electron chi connectivity index (χ1n) is 5.03. The van der Waals surface area contributed by atoms with E-state index in [9.17, 15) is 14.7 Å². The molecule has 0 spiro atoms. The summed E-state index contributed by atoms with van der Waals surface area (Å²) in [5, 5.41) is 18.1. The Kier molecular flexibility index (Phi) is 3.66. The van der Waals surface area contributed by atoms with Crippen molar-refractivity contribution < 1.29 is 19.8 Å². The number of hydrogen-bond donors (Lipinski definition) is 2. The summed E-state index contributed by atoms with van der Waals surface area (Å²) >= 11 is 0. The second kappa shape index (κ2) is 4.79. The molecule has 0 saturated carbocycles. The molecule has 86 valence electrons. The Hall–Kier alpha value is -1.84. The average molecular weight is 222 g/mol. The van der Waals surface area contributed by atoms with Crippen molar-refractivity contribution in [3.63, 3.8) is 0 Å². The Bertz CT molecular complexity index is 385. The number of carbonyl (C=O) groups is 2. The lowest BCUT2D eigenvalue weighted by Gasteiger charge is -2.26. The summed E-state index contributed by atoms with van der Waals surface area (Å²) in [5.41, 5.74) is -0.792. The van der Waals surface area contributed by atoms with Gasteiger partial charge in [0, 0.05) is 0 Å². The molecule has 0 saturated heterocycles. The highest BCUT2D eigenvalue weighted by Gasteiger charge is 2.40. The fourth-order valence-electron chi connectivity index (χ4n) is 1.80. The Morgan fingerprint density at radius 1 is 1.19 bits per heavy atom. The van der Waals surface area contributed by atoms with Gasteiger partial charge in [0.25, 0.3) is 0 Å². The summed E-state index contributed by atoms with van der Waals surface area (Å²) in [7, 11) is 0. The molecule has 1 aromatic carbocycles. The summed E-state index contributed by atoms with van der Waals surface area (Å²) in [6.07, 6.45) is -0.151. The van der Waals surface area contributed by atoms with Crippen LogP contribution in [0.4, 0.5) is 0 Å². The van der Waals surface area contributed by atoms with Crippen LogP contribution in [-0.4, -0.2) is 22.2 Å². The van der Waals surface area contributed by atoms with Crippen molar-refractivity contribution in [3.05, 3.63) is 35.9 Å². The molecule has 1 aromatic rings. The predicted octanol–water partition coefficient (Wildman–Crippen LogP) is 1.89. The van der Waals surface area contributed by atoms with Crippen LogP contribution >= 0.6 is 0 Å². The highest BCUT2D eigenvalue weighted by atomic mass is 16.4. The number of rotatable bonds is 5. The normalized spacial score (nSPS) is 14.1. The fraction of sp³-hybridized carbons (Fsp3) is 0.333. The second-order valence-corrected chi connectivity index (χ2v) is 3.68. The van der Waals surface area contributed by atoms with Crippen molar-refractivity contribution in [1.29, 1.82) is 0 Å². The molecule has 16 heavy (non-hydrogen) atoms. The number of hydrogen-bond acceptors (Lipinski definition) is 2. The van der Waals surface area contributed by atoms with Gasteiger partial charge < -0.3 is 10.2 Å². The molecule has 0 aliphatic carbocycles. The topological polar surface area (TPSA) is 74.6 Å². The highest BCUT2D eigenvalue weighted by molar-refractivity contribution is 5.87. The number of carboxylic acid groups (broad SMARTS) is 2. The van der Waals surface area contributed by atoms with E-state index in [1.807, 2.05) is 0 Å². The van der Waals surface area contributed by atoms with Crippen molar-refractivity contribution in [3.8, 4) is 0 Å². The second-order valence-electron chi connectivity index (χ2n) is 3.68. The van der Waals surface area contributed by atoms with Crippen LogP contribution in [0.3, 0.4) is 0 Å². The van der Waals surface area contributed by atoms with E-state index in [0.29, 0.717) is 5.56 Å². The van der Waals surface area contributed by atoms with Crippen LogP contribution in [0.5, 0.6) is 0 Å². The van der Waals surface area contributed by atoms with Gasteiger partial charge in [0.2, 0.25) is 0 Å². The smallest absolute Gasteiger partial charge is 0.314 e. The first kappa shape index (κ1) is 12.2. The van der Waals surface area contributed by atoms with Crippen LogP contribution in [0, 0.1) is 0 Å². The van der Waals surface area contributed by atoms with Crippen LogP contribution in [0.15, 0.2) is 30.3 Å². The quantitative estimate of drug-likeness (QED) is 0.797. The minimum absolute atomic E-state index is 0.249. The van der Waals surface area contributed by atoms with Gasteiger partial charge >= 0.3 is 11.9 Å². The van der Waals surface area contributed by atoms with Gasteiger partial charge in [-0.1, -0.05) is 37.3 Å². The van der Waals surface area contributed by atoms with Gasteiger partial charge in [-0.05, 0) is 12.0 Å². The van der Waals surface area contributed by atoms with E-state index in [4.69, 9.17) is 5.11 Å². The third kappa shape index (κ3) is 2.21. The molecule has 0 aromatic heterocycles. The summed E-state index contributed by atoms with van der Waals surface area (Å²) in [6.45, 7) is 1.68. The Morgan fingerprint density at radius 2 is 1.75 bits per heavy atom. The van der Waals surface area contributed by atoms with Gasteiger partial charge in [0.15, 0.2) is 0 Å². The van der Waals surface area contributed by atoms with Crippen molar-refractivity contribution in [1.82, 2.24) is 0 Å². The number of aliphatic carboxylic acids is 2. The molecule has 0 bridgehead atoms. The molecule has 2 N–H and O–H groups in total. The van der Waals surface area contributed by atoms with Gasteiger partial charge in [-0.25, -0.2) is 0 Å². The van der Waals surface area contributed by atoms with Crippen molar-refractivity contribution in [2.24, 2.45) is 0 Å². The maximum absolute atomic E-state index is 11.3. The van der Waals surface area contributed by atoms with Gasteiger partial charge in [-0.15, -0.1) is 0 Å². The van der Waals surface area contributed by atoms with E-state index >= 15 is 0 Å². The van der Waals surface area contributed by atoms with Crippen LogP contribution < -0.4 is 0 Å². The third-order valence-electron chi connectivity index (χ3n) is 2.79. The van der Waals surface area contributed by atoms with Crippen LogP contribution in [0.2, 0.25) is 0 Å². The molecule has 0 heterocycles. The number of carboxylic acids is 2. The summed E-state index contributed by atoms with van der Waals surface area (Å²) in [4.78, 5) is 22.1. The Morgan fingerprint density at radius 3 is 2.12 bits per heavy atom. The Balaban J connectivity index is 3.23. The van der Waals surface area contributed by atoms with Gasteiger partial charge in [0.05, 0.1) is 6.42 Å². The highest BCUT2D eigenvalue weighted by Crippen LogP contribution is 2.32. The fourth-order valence-corrected chi connectivity index (χ4v) is 1.80. The maximum atomic E-state index is 11.3. The van der Waals surface area contributed by atoms with E-state index < -0.39 is 23.8 Å². The molecule has 0 radical (unpaired) electrons. The molecular formula is C12H14O4. The molecule has 0 fully saturated rings. The molecular weight excluding hydrogens is 208 g/mol. The predicted molar refractivity (Wildman–Crippen MR) is 58.3 cm³/mol. The minimum atomic E-state index is -1.33. The van der Waals surface area contributed by atoms with Crippen molar-refractivity contribution >= 4 is 11.9 Å². The van der Waals surface area contributed by atoms with E-state index in [0.717, 1.165) is 0 Å². The molecule has 0 aliphatic rings. The molecule has 4 heteroatoms. The molecule has 1 unspecified atom stereocenters. The van der Waals surface area contributed by atoms with E-state index in [1.54, 1.807) is 37.3 Å². The van der Waals surface area contributed by atoms with E-state index in [-0.39, 0.29) is 6.42 Å². The van der Waals surface area contributed by atoms with Crippen LogP contribution in [0.25, 0.3) is 0 Å². The number of benzene rings is 1. The SMILES string of the molecule is CCC(CC(=O)O)(C(=O)O)c1ccccc1. The monoisotopic (exact) mass is 222 g/mol. The largest absolute Gasteiger partial charge is 0.481 e. The maximum Gasteiger partial charge on any atom is 0.314 e. The van der Waals surface area contributed by atoms with E-state index in [2.05, 4.69) is 0 Å². The molecule has 1 rings (SSSR count). The first-order chi connectivity index (χ1) is 7.53. The summed E-state index contributed by atoms with van der Waals surface area (Å²) in [6, 6.07) is 8.50. The van der Waals surface area contributed by atoms with Gasteiger partial charge in [-0.3, -0.25) is 9.59 Å². The zero-order valence-corrected chi connectivity index (χ0v) is 9.01. The van der Waals surface area contributed by atoms with E-state index in [1.165, 1.54) is 0 Å². The Labute approximate surface area is 93.5 Å². The lowest BCUT2D eigenvalue weighted by molar-refractivity contribution is -0.150. The molecule has 4 nitrogen and oxygen atoms in total. The van der Waals surface area contributed by atoms with Gasteiger partial charge in [0.1, 0.15) is 5.41 Å². The average Bonchev–Trinajstić information content (AvgIpc) is 2.26. The van der Waals surface area contributed by atoms with Crippen molar-refractivity contribution in [2.45, 2.75) is 25.2 Å². The first-order valence-corrected chi connectivity index (χ1v) is 5.03. The van der Waals surface area contributed by atoms with Gasteiger partial charge in [-0.2, -0.15) is 0 Å². The zero-order valence-electron chi connectivity index (χ0n) is 9.01. The standard InChI is InChI=1S/C12H14O4/c1-2-12(11(15)16,8-10(13)14)9-6-4-3-5-7-9/h3-7H,2,8H2,1H3,(H,13,14)(H,15,16). The zero-order chi connectivity index (χ0) is 12.2. The summed E-state index contributed by atoms with van der Waals surface area (Å²) < 4.78 is 0. The molecule has 0 aliphatic heterocycles. The van der Waals surface area contributed by atoms with Crippen molar-refractivity contribution in [2.75, 3.05) is 0 Å². The molecule has 1 atom stereocenters. The lowest BCUT2D eigenvalue weighted by atomic mass is 9.75. The molecule has 0 amide bonds. The third-order valence-corrected chi connectivity index (χ3v) is 2.79. The van der Waals surface area contributed by atoms with Crippen LogP contribution in [0.1, 0.15) is 25.3 Å².